The van der Waals surface area contributed by atoms with Crippen LogP contribution in [0.2, 0.25) is 0 Å². The Morgan fingerprint density at radius 2 is 1.78 bits per heavy atom. The number of nitrogens with two attached hydrogens (primary N) is 1. The highest BCUT2D eigenvalue weighted by molar-refractivity contribution is 7.66. The van der Waals surface area contributed by atoms with Gasteiger partial charge in [-0.3, -0.25) is 18.9 Å². The second kappa shape index (κ2) is 9.27. The minimum Gasteiger partial charge on any atom is -0.369 e. The van der Waals surface area contributed by atoms with Gasteiger partial charge in [0, 0.05) is 12.8 Å². The number of rotatable bonds is 8. The van der Waals surface area contributed by atoms with Crippen molar-refractivity contribution in [3.8, 4) is 0 Å². The first-order chi connectivity index (χ1) is 17.2. The minimum absolute atomic E-state index is 0.0273. The fraction of sp³-hybridized carbons (Fsp3) is 0.667. The van der Waals surface area contributed by atoms with Gasteiger partial charge in [0.1, 0.15) is 18.3 Å². The Bertz CT molecular complexity index is 1400. The predicted octanol–water partition coefficient (Wildman–Crippen LogP) is -0.00320. The van der Waals surface area contributed by atoms with Crippen molar-refractivity contribution in [1.82, 2.24) is 19.5 Å². The second-order valence-corrected chi connectivity index (χ2v) is 12.9. The molecule has 6 atom stereocenters. The fourth-order valence-corrected chi connectivity index (χ4v) is 7.64. The van der Waals surface area contributed by atoms with E-state index in [4.69, 9.17) is 34.3 Å². The number of fused-ring (bicyclic) bond motifs is 2. The van der Waals surface area contributed by atoms with Crippen molar-refractivity contribution in [2.45, 2.75) is 56.0 Å². The largest absolute Gasteiger partial charge is 0.490 e. The summed E-state index contributed by atoms with van der Waals surface area (Å²) >= 11 is 0. The van der Waals surface area contributed by atoms with E-state index in [0.29, 0.717) is 12.8 Å². The molecule has 37 heavy (non-hydrogen) atoms. The van der Waals surface area contributed by atoms with Crippen LogP contribution >= 0.6 is 23.5 Å². The van der Waals surface area contributed by atoms with Gasteiger partial charge in [-0.1, -0.05) is 0 Å². The number of nitrogen functional groups attached to an aromatic ring is 1. The molecule has 2 saturated heterocycles. The van der Waals surface area contributed by atoms with E-state index < -0.39 is 66.0 Å². The summed E-state index contributed by atoms with van der Waals surface area (Å²) in [6, 6.07) is 0. The number of hydrogen-bond donors (Lipinski definition) is 6. The molecule has 7 N–H and O–H groups in total. The average Bonchev–Trinajstić information content (AvgIpc) is 3.49. The molecule has 3 unspecified atom stereocenters. The van der Waals surface area contributed by atoms with E-state index >= 15 is 0 Å². The summed E-state index contributed by atoms with van der Waals surface area (Å²) < 4.78 is 66.6. The summed E-state index contributed by atoms with van der Waals surface area (Å²) in [6.07, 6.45) is 0.295. The Morgan fingerprint density at radius 3 is 2.46 bits per heavy atom. The van der Waals surface area contributed by atoms with Crippen molar-refractivity contribution in [2.24, 2.45) is 0 Å². The fourth-order valence-electron chi connectivity index (χ4n) is 4.61. The van der Waals surface area contributed by atoms with Crippen LogP contribution < -0.4 is 11.3 Å². The highest BCUT2D eigenvalue weighted by atomic mass is 31.3. The standard InChI is InChI=1S/C15H22N5O14P3/c16-14-18-11-8(12(21)19-14)17-6-20(11)13-10-9(31-15(32-10)3-1-2-4-15)7(30-13)5-29-36(25,26)34-37(27,28)33-35(22,23)24/h6-7,9-10,13H,1-5H2,(H,25,26)(H,27,28)(H2,22,23,24)(H3,16,18,19,21)/t7-,9?,10+,13-/m1/s1. The van der Waals surface area contributed by atoms with E-state index in [2.05, 4.69) is 23.6 Å². The number of anilines is 1. The van der Waals surface area contributed by atoms with Crippen LogP contribution in [0.25, 0.3) is 11.2 Å². The molecule has 206 valence electrons. The normalized spacial score (nSPS) is 30.5. The Morgan fingerprint density at radius 1 is 1.11 bits per heavy atom. The van der Waals surface area contributed by atoms with E-state index in [1.165, 1.54) is 10.9 Å². The number of phosphoric acid groups is 3. The molecule has 0 amide bonds. The van der Waals surface area contributed by atoms with Crippen molar-refractivity contribution in [3.63, 3.8) is 0 Å². The highest BCUT2D eigenvalue weighted by Gasteiger charge is 2.60. The van der Waals surface area contributed by atoms with Crippen LogP contribution in [0.3, 0.4) is 0 Å². The van der Waals surface area contributed by atoms with E-state index in [1.807, 2.05) is 0 Å². The van der Waals surface area contributed by atoms with Gasteiger partial charge >= 0.3 is 23.5 Å². The van der Waals surface area contributed by atoms with Crippen LogP contribution in [0, 0.1) is 0 Å². The van der Waals surface area contributed by atoms with E-state index in [9.17, 15) is 28.3 Å². The van der Waals surface area contributed by atoms with E-state index in [-0.39, 0.29) is 17.1 Å². The van der Waals surface area contributed by atoms with Crippen molar-refractivity contribution in [2.75, 3.05) is 12.3 Å². The third-order valence-electron chi connectivity index (χ3n) is 5.90. The van der Waals surface area contributed by atoms with Gasteiger partial charge in [-0.25, -0.2) is 18.7 Å². The number of ether oxygens (including phenoxy) is 3. The number of imidazole rings is 1. The molecule has 0 aromatic carbocycles. The van der Waals surface area contributed by atoms with Crippen LogP contribution in [0.15, 0.2) is 11.1 Å². The molecule has 19 nitrogen and oxygen atoms in total. The van der Waals surface area contributed by atoms with Crippen LogP contribution in [-0.2, 0) is 41.1 Å². The van der Waals surface area contributed by atoms with Gasteiger partial charge in [-0.05, 0) is 12.8 Å². The Kier molecular flexibility index (Phi) is 6.77. The van der Waals surface area contributed by atoms with Crippen molar-refractivity contribution in [3.05, 3.63) is 16.7 Å². The number of phosphoric ester groups is 1. The zero-order chi connectivity index (χ0) is 26.8. The third kappa shape index (κ3) is 5.60. The molecule has 22 heteroatoms. The van der Waals surface area contributed by atoms with Crippen molar-refractivity contribution >= 4 is 40.6 Å². The van der Waals surface area contributed by atoms with Gasteiger partial charge in [0.25, 0.3) is 5.56 Å². The lowest BCUT2D eigenvalue weighted by Gasteiger charge is -2.27. The zero-order valence-corrected chi connectivity index (χ0v) is 21.2. The van der Waals surface area contributed by atoms with Crippen molar-refractivity contribution in [1.29, 1.82) is 0 Å². The van der Waals surface area contributed by atoms with E-state index in [0.717, 1.165) is 12.8 Å². The zero-order valence-electron chi connectivity index (χ0n) is 18.6. The molecule has 5 rings (SSSR count). The SMILES string of the molecule is Nc1nc2c(ncn2[C@@H]2O[C@H](COP(=O)(O)OP(=O)(O)OP(=O)(O)O)C3OC4(CCCC4)O[C@@H]32)c(=O)[nH]1. The third-order valence-corrected chi connectivity index (χ3v) is 9.70. The molecule has 1 spiro atoms. The maximum Gasteiger partial charge on any atom is 0.490 e. The van der Waals surface area contributed by atoms with Crippen molar-refractivity contribution < 1.29 is 60.6 Å². The molecule has 2 aromatic heterocycles. The summed E-state index contributed by atoms with van der Waals surface area (Å²) in [4.78, 5) is 59.2. The van der Waals surface area contributed by atoms with Crippen LogP contribution in [0.1, 0.15) is 31.9 Å². The van der Waals surface area contributed by atoms with Gasteiger partial charge in [0.2, 0.25) is 5.95 Å². The van der Waals surface area contributed by atoms with Gasteiger partial charge in [-0.15, -0.1) is 0 Å². The van der Waals surface area contributed by atoms with Gasteiger partial charge in [0.15, 0.2) is 23.2 Å². The second-order valence-electron chi connectivity index (χ2n) is 8.51. The predicted molar refractivity (Wildman–Crippen MR) is 117 cm³/mol. The number of H-pyrrole nitrogens is 1. The minimum atomic E-state index is -5.69. The molecule has 0 bridgehead atoms. The molecule has 1 saturated carbocycles. The van der Waals surface area contributed by atoms with Crippen LogP contribution in [-0.4, -0.2) is 69.8 Å². The first kappa shape index (κ1) is 27.0. The maximum absolute atomic E-state index is 12.2. The number of hydrogen-bond acceptors (Lipinski definition) is 13. The Labute approximate surface area is 206 Å². The number of nitrogens with zero attached hydrogens (tertiary/aromatic N) is 3. The summed E-state index contributed by atoms with van der Waals surface area (Å²) in [7, 11) is -16.6. The quantitative estimate of drug-likeness (QED) is 0.221. The number of aromatic amines is 1. The molecular weight excluding hydrogens is 567 g/mol. The maximum atomic E-state index is 12.2. The lowest BCUT2D eigenvalue weighted by molar-refractivity contribution is -0.215. The first-order valence-corrected chi connectivity index (χ1v) is 15.2. The monoisotopic (exact) mass is 589 g/mol. The molecule has 3 fully saturated rings. The molecule has 0 radical (unpaired) electrons. The smallest absolute Gasteiger partial charge is 0.369 e. The van der Waals surface area contributed by atoms with Gasteiger partial charge in [0.05, 0.1) is 12.9 Å². The molecule has 1 aliphatic carbocycles. The lowest BCUT2D eigenvalue weighted by Crippen LogP contribution is -2.34. The summed E-state index contributed by atoms with van der Waals surface area (Å²) in [5.41, 5.74) is 5.13. The number of aromatic nitrogens is 4. The molecular formula is C15H22N5O14P3. The highest BCUT2D eigenvalue weighted by Crippen LogP contribution is 2.66. The van der Waals surface area contributed by atoms with Gasteiger partial charge < -0.3 is 39.5 Å². The van der Waals surface area contributed by atoms with Crippen LogP contribution in [0.4, 0.5) is 5.95 Å². The average molecular weight is 589 g/mol. The summed E-state index contributed by atoms with van der Waals surface area (Å²) in [6.45, 7) is -0.746. The topological polar surface area (TPSA) is 277 Å². The summed E-state index contributed by atoms with van der Waals surface area (Å²) in [5.74, 6) is -1.11. The molecule has 4 heterocycles. The Hall–Kier alpha value is -1.56. The van der Waals surface area contributed by atoms with Gasteiger partial charge in [-0.2, -0.15) is 13.6 Å². The van der Waals surface area contributed by atoms with Crippen LogP contribution in [0.5, 0.6) is 0 Å². The lowest BCUT2D eigenvalue weighted by atomic mass is 10.1. The van der Waals surface area contributed by atoms with E-state index in [1.54, 1.807) is 0 Å². The summed E-state index contributed by atoms with van der Waals surface area (Å²) in [5, 5.41) is 0. The number of nitrogens with one attached hydrogen (secondary N) is 1. The molecule has 3 aliphatic rings. The molecule has 2 aliphatic heterocycles. The Balaban J connectivity index is 1.38. The first-order valence-electron chi connectivity index (χ1n) is 10.7. The molecule has 2 aromatic rings.